The first-order valence-electron chi connectivity index (χ1n) is 8.27. The predicted molar refractivity (Wildman–Crippen MR) is 91.0 cm³/mol. The summed E-state index contributed by atoms with van der Waals surface area (Å²) in [7, 11) is 3.81. The van der Waals surface area contributed by atoms with Crippen molar-refractivity contribution in [1.82, 2.24) is 15.1 Å². The monoisotopic (exact) mass is 317 g/mol. The van der Waals surface area contributed by atoms with Crippen LogP contribution in [0.3, 0.4) is 0 Å². The summed E-state index contributed by atoms with van der Waals surface area (Å²) in [5.74, 6) is 0.179. The number of benzene rings is 1. The molecule has 1 saturated heterocycles. The number of piperidine rings is 1. The molecule has 1 unspecified atom stereocenters. The van der Waals surface area contributed by atoms with Crippen molar-refractivity contribution in [3.05, 3.63) is 35.4 Å². The number of amides is 2. The molecule has 1 fully saturated rings. The second-order valence-electron chi connectivity index (χ2n) is 6.41. The lowest BCUT2D eigenvalue weighted by molar-refractivity contribution is -0.134. The summed E-state index contributed by atoms with van der Waals surface area (Å²) in [4.78, 5) is 28.1. The lowest BCUT2D eigenvalue weighted by atomic mass is 10.0. The van der Waals surface area contributed by atoms with Gasteiger partial charge in [0.15, 0.2) is 0 Å². The molecule has 1 aromatic carbocycles. The van der Waals surface area contributed by atoms with Crippen molar-refractivity contribution in [3.8, 4) is 0 Å². The van der Waals surface area contributed by atoms with Gasteiger partial charge in [-0.05, 0) is 39.4 Å². The van der Waals surface area contributed by atoms with Gasteiger partial charge in [-0.3, -0.25) is 14.5 Å². The van der Waals surface area contributed by atoms with Crippen LogP contribution in [0.15, 0.2) is 24.3 Å². The fraction of sp³-hybridized carbons (Fsp3) is 0.556. The highest BCUT2D eigenvalue weighted by Gasteiger charge is 2.23. The van der Waals surface area contributed by atoms with E-state index in [2.05, 4.69) is 5.32 Å². The maximum absolute atomic E-state index is 12.6. The van der Waals surface area contributed by atoms with Gasteiger partial charge in [0, 0.05) is 26.1 Å². The summed E-state index contributed by atoms with van der Waals surface area (Å²) < 4.78 is 0. The number of nitrogens with one attached hydrogen (secondary N) is 1. The van der Waals surface area contributed by atoms with Crippen LogP contribution >= 0.6 is 0 Å². The van der Waals surface area contributed by atoms with E-state index in [1.54, 1.807) is 0 Å². The minimum atomic E-state index is -0.313. The Bertz CT molecular complexity index is 557. The highest BCUT2D eigenvalue weighted by molar-refractivity contribution is 5.83. The molecule has 1 atom stereocenters. The lowest BCUT2D eigenvalue weighted by Crippen LogP contribution is -2.43. The second-order valence-corrected chi connectivity index (χ2v) is 6.41. The molecule has 2 amide bonds. The number of hydrogen-bond donors (Lipinski definition) is 1. The molecule has 1 aliphatic rings. The molecule has 5 heteroatoms. The quantitative estimate of drug-likeness (QED) is 0.869. The van der Waals surface area contributed by atoms with Gasteiger partial charge in [0.2, 0.25) is 11.8 Å². The molecule has 0 bridgehead atoms. The topological polar surface area (TPSA) is 52.7 Å². The number of likely N-dealkylation sites (N-methyl/N-ethyl adjacent to an activating group) is 1. The molecule has 1 aliphatic heterocycles. The minimum absolute atomic E-state index is 0.0231. The van der Waals surface area contributed by atoms with E-state index in [-0.39, 0.29) is 17.9 Å². The van der Waals surface area contributed by atoms with Gasteiger partial charge in [0.05, 0.1) is 0 Å². The van der Waals surface area contributed by atoms with Crippen molar-refractivity contribution in [3.63, 3.8) is 0 Å². The normalized spacial score (nSPS) is 16.5. The maximum atomic E-state index is 12.6. The molecule has 0 aliphatic carbocycles. The largest absolute Gasteiger partial charge is 0.353 e. The Morgan fingerprint density at radius 3 is 2.78 bits per heavy atom. The number of likely N-dealkylation sites (tertiary alicyclic amines) is 1. The van der Waals surface area contributed by atoms with Gasteiger partial charge in [-0.15, -0.1) is 0 Å². The van der Waals surface area contributed by atoms with Gasteiger partial charge in [-0.1, -0.05) is 29.8 Å². The first-order valence-corrected chi connectivity index (χ1v) is 8.27. The maximum Gasteiger partial charge on any atom is 0.242 e. The number of aryl methyl sites for hydroxylation is 1. The zero-order chi connectivity index (χ0) is 16.8. The average Bonchev–Trinajstić information content (AvgIpc) is 2.49. The van der Waals surface area contributed by atoms with Gasteiger partial charge in [0.25, 0.3) is 0 Å². The molecule has 23 heavy (non-hydrogen) atoms. The first-order chi connectivity index (χ1) is 11.0. The number of carbonyl (C=O) groups excluding carboxylic acids is 2. The summed E-state index contributed by atoms with van der Waals surface area (Å²) in [6.45, 7) is 3.93. The van der Waals surface area contributed by atoms with E-state index in [4.69, 9.17) is 0 Å². The van der Waals surface area contributed by atoms with E-state index in [1.165, 1.54) is 0 Å². The summed E-state index contributed by atoms with van der Waals surface area (Å²) in [6, 6.07) is 7.70. The molecule has 1 N–H and O–H groups in total. The zero-order valence-electron chi connectivity index (χ0n) is 14.3. The van der Waals surface area contributed by atoms with Crippen LogP contribution in [-0.4, -0.2) is 55.3 Å². The standard InChI is InChI=1S/C18H27N3O2/c1-14-7-6-8-15(13-14)17(20(2)3)18(23)19-10-12-21-11-5-4-9-16(21)22/h6-8,13,17H,4-5,9-12H2,1-3H3,(H,19,23). The number of carbonyl (C=O) groups is 2. The van der Waals surface area contributed by atoms with E-state index < -0.39 is 0 Å². The van der Waals surface area contributed by atoms with Gasteiger partial charge < -0.3 is 10.2 Å². The van der Waals surface area contributed by atoms with Gasteiger partial charge in [-0.25, -0.2) is 0 Å². The molecule has 0 radical (unpaired) electrons. The third-order valence-electron chi connectivity index (χ3n) is 4.22. The molecular formula is C18H27N3O2. The average molecular weight is 317 g/mol. The van der Waals surface area contributed by atoms with Crippen LogP contribution in [0.1, 0.15) is 36.4 Å². The highest BCUT2D eigenvalue weighted by Crippen LogP contribution is 2.19. The third kappa shape index (κ3) is 4.79. The minimum Gasteiger partial charge on any atom is -0.353 e. The van der Waals surface area contributed by atoms with Crippen LogP contribution in [0.25, 0.3) is 0 Å². The van der Waals surface area contributed by atoms with E-state index in [1.807, 2.05) is 55.1 Å². The fourth-order valence-electron chi connectivity index (χ4n) is 3.03. The van der Waals surface area contributed by atoms with Gasteiger partial charge in [0.1, 0.15) is 6.04 Å². The second kappa shape index (κ2) is 8.11. The smallest absolute Gasteiger partial charge is 0.242 e. The van der Waals surface area contributed by atoms with Crippen molar-refractivity contribution in [2.75, 3.05) is 33.7 Å². The third-order valence-corrected chi connectivity index (χ3v) is 4.22. The van der Waals surface area contributed by atoms with Crippen LogP contribution < -0.4 is 5.32 Å². The predicted octanol–water partition coefficient (Wildman–Crippen LogP) is 1.73. The molecular weight excluding hydrogens is 290 g/mol. The van der Waals surface area contributed by atoms with E-state index in [0.717, 1.165) is 30.5 Å². The number of nitrogens with zero attached hydrogens (tertiary/aromatic N) is 2. The summed E-state index contributed by atoms with van der Waals surface area (Å²) in [5.41, 5.74) is 2.13. The first kappa shape index (κ1) is 17.5. The van der Waals surface area contributed by atoms with E-state index in [0.29, 0.717) is 19.5 Å². The summed E-state index contributed by atoms with van der Waals surface area (Å²) in [5, 5.41) is 2.98. The van der Waals surface area contributed by atoms with Crippen molar-refractivity contribution in [1.29, 1.82) is 0 Å². The summed E-state index contributed by atoms with van der Waals surface area (Å²) in [6.07, 6.45) is 2.68. The molecule has 0 aromatic heterocycles. The van der Waals surface area contributed by atoms with Crippen LogP contribution in [0.5, 0.6) is 0 Å². The Labute approximate surface area is 138 Å². The van der Waals surface area contributed by atoms with E-state index >= 15 is 0 Å². The number of rotatable bonds is 6. The molecule has 2 rings (SSSR count). The molecule has 1 aromatic rings. The fourth-order valence-corrected chi connectivity index (χ4v) is 3.03. The van der Waals surface area contributed by atoms with Crippen LogP contribution in [-0.2, 0) is 9.59 Å². The zero-order valence-corrected chi connectivity index (χ0v) is 14.3. The van der Waals surface area contributed by atoms with Crippen LogP contribution in [0.2, 0.25) is 0 Å². The Hall–Kier alpha value is -1.88. The highest BCUT2D eigenvalue weighted by atomic mass is 16.2. The molecule has 126 valence electrons. The molecule has 0 saturated carbocycles. The van der Waals surface area contributed by atoms with Gasteiger partial charge in [-0.2, -0.15) is 0 Å². The molecule has 1 heterocycles. The molecule has 0 spiro atoms. The lowest BCUT2D eigenvalue weighted by Gasteiger charge is -2.28. The molecule has 5 nitrogen and oxygen atoms in total. The summed E-state index contributed by atoms with van der Waals surface area (Å²) >= 11 is 0. The van der Waals surface area contributed by atoms with E-state index in [9.17, 15) is 9.59 Å². The van der Waals surface area contributed by atoms with Crippen LogP contribution in [0.4, 0.5) is 0 Å². The Balaban J connectivity index is 1.92. The SMILES string of the molecule is Cc1cccc(C(C(=O)NCCN2CCCCC2=O)N(C)C)c1. The van der Waals surface area contributed by atoms with Crippen molar-refractivity contribution >= 4 is 11.8 Å². The Morgan fingerprint density at radius 2 is 2.13 bits per heavy atom. The Morgan fingerprint density at radius 1 is 1.35 bits per heavy atom. The van der Waals surface area contributed by atoms with Crippen molar-refractivity contribution in [2.45, 2.75) is 32.2 Å². The van der Waals surface area contributed by atoms with Crippen molar-refractivity contribution in [2.24, 2.45) is 0 Å². The van der Waals surface area contributed by atoms with Gasteiger partial charge >= 0.3 is 0 Å². The van der Waals surface area contributed by atoms with Crippen LogP contribution in [0, 0.1) is 6.92 Å². The number of hydrogen-bond acceptors (Lipinski definition) is 3. The Kier molecular flexibility index (Phi) is 6.16. The van der Waals surface area contributed by atoms with Crippen molar-refractivity contribution < 1.29 is 9.59 Å².